The number of fused-ring (bicyclic) bond motifs is 1. The highest BCUT2D eigenvalue weighted by Crippen LogP contribution is 2.21. The number of amides is 1. The first kappa shape index (κ1) is 17.0. The van der Waals surface area contributed by atoms with Crippen LogP contribution in [0.1, 0.15) is 34.6 Å². The van der Waals surface area contributed by atoms with Gasteiger partial charge in [-0.2, -0.15) is 5.10 Å². The van der Waals surface area contributed by atoms with Crippen molar-refractivity contribution in [3.63, 3.8) is 0 Å². The second kappa shape index (κ2) is 6.72. The van der Waals surface area contributed by atoms with Gasteiger partial charge in [0.2, 0.25) is 0 Å². The van der Waals surface area contributed by atoms with E-state index in [1.807, 2.05) is 74.3 Å². The Labute approximate surface area is 157 Å². The molecule has 3 heterocycles. The summed E-state index contributed by atoms with van der Waals surface area (Å²) in [5.41, 5.74) is 4.20. The molecule has 0 aliphatic heterocycles. The van der Waals surface area contributed by atoms with E-state index in [1.165, 1.54) is 0 Å². The molecule has 6 heteroatoms. The molecule has 4 aromatic rings. The van der Waals surface area contributed by atoms with Crippen LogP contribution in [-0.4, -0.2) is 25.2 Å². The molecule has 0 fully saturated rings. The van der Waals surface area contributed by atoms with Gasteiger partial charge < -0.3 is 9.88 Å². The number of benzene rings is 1. The van der Waals surface area contributed by atoms with E-state index in [1.54, 1.807) is 10.9 Å². The Morgan fingerprint density at radius 2 is 1.93 bits per heavy atom. The van der Waals surface area contributed by atoms with Crippen LogP contribution in [0, 0.1) is 6.92 Å². The number of pyridine rings is 1. The van der Waals surface area contributed by atoms with Gasteiger partial charge in [0.05, 0.1) is 23.2 Å². The van der Waals surface area contributed by atoms with Crippen molar-refractivity contribution in [1.29, 1.82) is 0 Å². The van der Waals surface area contributed by atoms with Crippen molar-refractivity contribution in [2.45, 2.75) is 19.9 Å². The first-order valence-electron chi connectivity index (χ1n) is 8.86. The molecule has 3 aromatic heterocycles. The number of carbonyl (C=O) groups excluding carboxylic acids is 1. The molecule has 136 valence electrons. The summed E-state index contributed by atoms with van der Waals surface area (Å²) in [4.78, 5) is 17.4. The first-order chi connectivity index (χ1) is 13.0. The molecule has 27 heavy (non-hydrogen) atoms. The topological polar surface area (TPSA) is 64.7 Å². The number of hydrogen-bond acceptors (Lipinski definition) is 3. The minimum absolute atomic E-state index is 0.127. The number of aromatic nitrogens is 4. The summed E-state index contributed by atoms with van der Waals surface area (Å²) in [5.74, 6) is -0.127. The second-order valence-electron chi connectivity index (χ2n) is 6.70. The van der Waals surface area contributed by atoms with Crippen LogP contribution in [0.15, 0.2) is 61.1 Å². The second-order valence-corrected chi connectivity index (χ2v) is 6.70. The zero-order chi connectivity index (χ0) is 19.0. The van der Waals surface area contributed by atoms with Gasteiger partial charge in [0.25, 0.3) is 5.91 Å². The average Bonchev–Trinajstić information content (AvgIpc) is 3.32. The Morgan fingerprint density at radius 1 is 1.15 bits per heavy atom. The molecule has 1 amide bonds. The Kier molecular flexibility index (Phi) is 4.24. The average molecular weight is 359 g/mol. The molecule has 0 spiro atoms. The third-order valence-electron chi connectivity index (χ3n) is 4.70. The molecule has 1 atom stereocenters. The number of nitrogens with one attached hydrogen (secondary N) is 1. The van der Waals surface area contributed by atoms with E-state index in [9.17, 15) is 4.79 Å². The van der Waals surface area contributed by atoms with Gasteiger partial charge in [0.15, 0.2) is 5.65 Å². The van der Waals surface area contributed by atoms with Crippen LogP contribution in [0.25, 0.3) is 16.7 Å². The highest BCUT2D eigenvalue weighted by atomic mass is 16.1. The van der Waals surface area contributed by atoms with Crippen LogP contribution in [0.4, 0.5) is 0 Å². The Morgan fingerprint density at radius 3 is 2.70 bits per heavy atom. The molecular formula is C21H21N5O. The molecule has 1 N–H and O–H groups in total. The Balaban J connectivity index is 1.61. The Bertz CT molecular complexity index is 1110. The summed E-state index contributed by atoms with van der Waals surface area (Å²) >= 11 is 0. The van der Waals surface area contributed by atoms with Gasteiger partial charge in [-0.25, -0.2) is 4.98 Å². The molecule has 1 unspecified atom stereocenters. The fourth-order valence-corrected chi connectivity index (χ4v) is 3.25. The van der Waals surface area contributed by atoms with Gasteiger partial charge in [0.1, 0.15) is 0 Å². The van der Waals surface area contributed by atoms with Crippen LogP contribution in [0.5, 0.6) is 0 Å². The molecule has 0 bridgehead atoms. The lowest BCUT2D eigenvalue weighted by atomic mass is 10.1. The molecule has 0 aliphatic carbocycles. The summed E-state index contributed by atoms with van der Waals surface area (Å²) in [7, 11) is 1.83. The smallest absolute Gasteiger partial charge is 0.252 e. The van der Waals surface area contributed by atoms with Crippen molar-refractivity contribution in [3.05, 3.63) is 77.9 Å². The van der Waals surface area contributed by atoms with E-state index in [4.69, 9.17) is 0 Å². The van der Waals surface area contributed by atoms with Gasteiger partial charge >= 0.3 is 0 Å². The number of rotatable bonds is 4. The van der Waals surface area contributed by atoms with Gasteiger partial charge in [-0.15, -0.1) is 0 Å². The lowest BCUT2D eigenvalue weighted by molar-refractivity contribution is 0.0941. The molecule has 0 aliphatic rings. The fraction of sp³-hybridized carbons (Fsp3) is 0.190. The maximum Gasteiger partial charge on any atom is 0.252 e. The maximum absolute atomic E-state index is 12.9. The lowest BCUT2D eigenvalue weighted by Gasteiger charge is -2.16. The van der Waals surface area contributed by atoms with Crippen LogP contribution in [0.2, 0.25) is 0 Å². The fourth-order valence-electron chi connectivity index (χ4n) is 3.25. The maximum atomic E-state index is 12.9. The summed E-state index contributed by atoms with van der Waals surface area (Å²) in [6.45, 7) is 3.87. The van der Waals surface area contributed by atoms with Gasteiger partial charge in [-0.1, -0.05) is 12.1 Å². The molecule has 6 nitrogen and oxygen atoms in total. The normalized spacial score (nSPS) is 12.3. The number of carbonyl (C=O) groups is 1. The van der Waals surface area contributed by atoms with E-state index in [-0.39, 0.29) is 11.9 Å². The van der Waals surface area contributed by atoms with Gasteiger partial charge in [-0.3, -0.25) is 9.48 Å². The minimum atomic E-state index is -0.131. The summed E-state index contributed by atoms with van der Waals surface area (Å²) in [5, 5.41) is 8.09. The number of aryl methyl sites for hydroxylation is 2. The van der Waals surface area contributed by atoms with Crippen LogP contribution in [-0.2, 0) is 7.05 Å². The van der Waals surface area contributed by atoms with E-state index in [2.05, 4.69) is 21.5 Å². The monoisotopic (exact) mass is 359 g/mol. The SMILES string of the molecule is Cc1cc(C(=O)NC(C)c2cccc(-n3cccc3)c2)c2cnn(C)c2n1. The van der Waals surface area contributed by atoms with Crippen molar-refractivity contribution < 1.29 is 4.79 Å². The summed E-state index contributed by atoms with van der Waals surface area (Å²) in [6, 6.07) is 13.8. The first-order valence-corrected chi connectivity index (χ1v) is 8.86. The molecular weight excluding hydrogens is 338 g/mol. The molecule has 0 radical (unpaired) electrons. The summed E-state index contributed by atoms with van der Waals surface area (Å²) < 4.78 is 3.73. The van der Waals surface area contributed by atoms with E-state index in [0.717, 1.165) is 22.3 Å². The predicted molar refractivity (Wildman–Crippen MR) is 105 cm³/mol. The van der Waals surface area contributed by atoms with E-state index < -0.39 is 0 Å². The Hall–Kier alpha value is -3.41. The van der Waals surface area contributed by atoms with Crippen LogP contribution in [0.3, 0.4) is 0 Å². The van der Waals surface area contributed by atoms with Crippen LogP contribution >= 0.6 is 0 Å². The lowest BCUT2D eigenvalue weighted by Crippen LogP contribution is -2.27. The van der Waals surface area contributed by atoms with Gasteiger partial charge in [-0.05, 0) is 49.7 Å². The van der Waals surface area contributed by atoms with Crippen molar-refractivity contribution in [2.24, 2.45) is 7.05 Å². The molecule has 0 saturated carbocycles. The third-order valence-corrected chi connectivity index (χ3v) is 4.70. The zero-order valence-corrected chi connectivity index (χ0v) is 15.5. The summed E-state index contributed by atoms with van der Waals surface area (Å²) in [6.07, 6.45) is 5.69. The van der Waals surface area contributed by atoms with Gasteiger partial charge in [0, 0.05) is 30.8 Å². The minimum Gasteiger partial charge on any atom is -0.345 e. The molecule has 4 rings (SSSR count). The number of nitrogens with zero attached hydrogens (tertiary/aromatic N) is 4. The highest BCUT2D eigenvalue weighted by molar-refractivity contribution is 6.05. The molecule has 0 saturated heterocycles. The quantitative estimate of drug-likeness (QED) is 0.606. The van der Waals surface area contributed by atoms with Crippen molar-refractivity contribution in [2.75, 3.05) is 0 Å². The zero-order valence-electron chi connectivity index (χ0n) is 15.5. The van der Waals surface area contributed by atoms with E-state index in [0.29, 0.717) is 11.2 Å². The van der Waals surface area contributed by atoms with E-state index >= 15 is 0 Å². The molecule has 1 aromatic carbocycles. The predicted octanol–water partition coefficient (Wildman–Crippen LogP) is 3.56. The van der Waals surface area contributed by atoms with Crippen molar-refractivity contribution in [3.8, 4) is 5.69 Å². The standard InChI is InChI=1S/C21H21N5O/c1-14-11-18(19-13-22-25(3)20(19)23-14)21(27)24-15(2)16-7-6-8-17(12-16)26-9-4-5-10-26/h4-13,15H,1-3H3,(H,24,27). The number of hydrogen-bond donors (Lipinski definition) is 1. The van der Waals surface area contributed by atoms with Crippen LogP contribution < -0.4 is 5.32 Å². The largest absolute Gasteiger partial charge is 0.345 e. The highest BCUT2D eigenvalue weighted by Gasteiger charge is 2.17. The van der Waals surface area contributed by atoms with Crippen molar-refractivity contribution in [1.82, 2.24) is 24.6 Å². The van der Waals surface area contributed by atoms with Crippen molar-refractivity contribution >= 4 is 16.9 Å². The third kappa shape index (κ3) is 3.21.